The first-order valence-corrected chi connectivity index (χ1v) is 9.93. The van der Waals surface area contributed by atoms with Crippen molar-refractivity contribution in [1.82, 2.24) is 10.9 Å². The van der Waals surface area contributed by atoms with Crippen LogP contribution < -0.4 is 15.6 Å². The molecule has 7 nitrogen and oxygen atoms in total. The maximum absolute atomic E-state index is 13.5. The van der Waals surface area contributed by atoms with Crippen LogP contribution in [0, 0.1) is 5.82 Å². The quantitative estimate of drug-likeness (QED) is 0.489. The van der Waals surface area contributed by atoms with Gasteiger partial charge in [-0.3, -0.25) is 14.8 Å². The minimum absolute atomic E-state index is 0.0511. The van der Waals surface area contributed by atoms with E-state index in [9.17, 15) is 17.6 Å². The predicted octanol–water partition coefficient (Wildman–Crippen LogP) is 2.44. The molecule has 0 aliphatic heterocycles. The third-order valence-electron chi connectivity index (χ3n) is 3.12. The van der Waals surface area contributed by atoms with Crippen molar-refractivity contribution in [1.29, 1.82) is 0 Å². The Hall–Kier alpha value is -2.49. The van der Waals surface area contributed by atoms with Crippen molar-refractivity contribution in [2.45, 2.75) is 26.5 Å². The van der Waals surface area contributed by atoms with Gasteiger partial charge in [0.1, 0.15) is 18.2 Å². The van der Waals surface area contributed by atoms with Gasteiger partial charge in [-0.25, -0.2) is 9.82 Å². The second kappa shape index (κ2) is 11.3. The first-order valence-electron chi connectivity index (χ1n) is 8.08. The highest BCUT2D eigenvalue weighted by atomic mass is 32.2. The molecule has 148 valence electrons. The Kier molecular flexibility index (Phi) is 9.41. The zero-order valence-corrected chi connectivity index (χ0v) is 15.9. The molecule has 0 unspecified atom stereocenters. The number of halogens is 1. The average molecular weight is 398 g/mol. The van der Waals surface area contributed by atoms with Crippen LogP contribution in [0.5, 0.6) is 5.75 Å². The molecule has 0 atom stereocenters. The fraction of sp³-hybridized carbons (Fsp3) is 0.278. The van der Waals surface area contributed by atoms with Crippen molar-refractivity contribution in [3.05, 3.63) is 65.5 Å². The standard InChI is InChI=1S/C17H19FN2O2.CH4O3S/c1-2-17(21)20-19-11-13-7-9-15(10-8-13)22-12-14-5-3-4-6-16(14)18;1-5(2,3)4/h3-10,19H,2,11-12H2,1H3,(H,20,21);1H3,(H,2,3,4). The van der Waals surface area contributed by atoms with E-state index in [1.165, 1.54) is 6.07 Å². The van der Waals surface area contributed by atoms with Crippen LogP contribution in [0.15, 0.2) is 48.5 Å². The van der Waals surface area contributed by atoms with Crippen molar-refractivity contribution in [2.75, 3.05) is 6.26 Å². The van der Waals surface area contributed by atoms with Gasteiger partial charge < -0.3 is 4.74 Å². The van der Waals surface area contributed by atoms with E-state index in [1.807, 2.05) is 24.3 Å². The van der Waals surface area contributed by atoms with Crippen LogP contribution in [-0.4, -0.2) is 25.1 Å². The first kappa shape index (κ1) is 22.6. The number of hydrogen-bond donors (Lipinski definition) is 3. The second-order valence-electron chi connectivity index (χ2n) is 5.51. The van der Waals surface area contributed by atoms with E-state index in [2.05, 4.69) is 10.9 Å². The number of rotatable bonds is 7. The number of carbonyl (C=O) groups is 1. The molecule has 0 bridgehead atoms. The lowest BCUT2D eigenvalue weighted by Crippen LogP contribution is -2.36. The van der Waals surface area contributed by atoms with Gasteiger partial charge in [-0.2, -0.15) is 8.42 Å². The van der Waals surface area contributed by atoms with Gasteiger partial charge in [0, 0.05) is 18.5 Å². The van der Waals surface area contributed by atoms with Gasteiger partial charge in [0.2, 0.25) is 5.91 Å². The summed E-state index contributed by atoms with van der Waals surface area (Å²) in [4.78, 5) is 11.1. The Morgan fingerprint density at radius 1 is 1.15 bits per heavy atom. The Bertz CT molecular complexity index is 818. The number of nitrogens with one attached hydrogen (secondary N) is 2. The molecule has 0 saturated heterocycles. The number of benzene rings is 2. The highest BCUT2D eigenvalue weighted by Gasteiger charge is 2.02. The molecule has 3 N–H and O–H groups in total. The molecule has 1 amide bonds. The zero-order chi connectivity index (χ0) is 20.3. The highest BCUT2D eigenvalue weighted by Crippen LogP contribution is 2.15. The smallest absolute Gasteiger partial charge is 0.261 e. The molecule has 2 aromatic rings. The molecule has 0 aliphatic rings. The summed E-state index contributed by atoms with van der Waals surface area (Å²) in [5.74, 6) is 0.351. The third kappa shape index (κ3) is 11.0. The Morgan fingerprint density at radius 2 is 1.74 bits per heavy atom. The molecule has 0 aromatic heterocycles. The van der Waals surface area contributed by atoms with Crippen LogP contribution in [0.3, 0.4) is 0 Å². The monoisotopic (exact) mass is 398 g/mol. The lowest BCUT2D eigenvalue weighted by Gasteiger charge is -2.09. The summed E-state index contributed by atoms with van der Waals surface area (Å²) >= 11 is 0. The number of ether oxygens (including phenoxy) is 1. The van der Waals surface area contributed by atoms with Crippen molar-refractivity contribution < 1.29 is 26.9 Å². The van der Waals surface area contributed by atoms with Crippen molar-refractivity contribution in [2.24, 2.45) is 0 Å². The van der Waals surface area contributed by atoms with E-state index >= 15 is 0 Å². The second-order valence-corrected chi connectivity index (χ2v) is 6.98. The average Bonchev–Trinajstić information content (AvgIpc) is 2.60. The summed E-state index contributed by atoms with van der Waals surface area (Å²) in [6.07, 6.45) is 1.16. The summed E-state index contributed by atoms with van der Waals surface area (Å²) in [7, 11) is -3.67. The topological polar surface area (TPSA) is 105 Å². The maximum Gasteiger partial charge on any atom is 0.261 e. The van der Waals surface area contributed by atoms with Gasteiger partial charge in [-0.1, -0.05) is 37.3 Å². The van der Waals surface area contributed by atoms with Crippen molar-refractivity contribution in [3.63, 3.8) is 0 Å². The van der Waals surface area contributed by atoms with Gasteiger partial charge in [-0.05, 0) is 23.8 Å². The summed E-state index contributed by atoms with van der Waals surface area (Å²) in [6, 6.07) is 14.0. The minimum atomic E-state index is -3.67. The molecule has 0 spiro atoms. The van der Waals surface area contributed by atoms with E-state index in [4.69, 9.17) is 9.29 Å². The molecule has 2 aromatic carbocycles. The van der Waals surface area contributed by atoms with Gasteiger partial charge in [0.15, 0.2) is 0 Å². The normalized spacial score (nSPS) is 10.5. The molecule has 0 heterocycles. The van der Waals surface area contributed by atoms with Gasteiger partial charge >= 0.3 is 0 Å². The van der Waals surface area contributed by atoms with Gasteiger partial charge in [0.25, 0.3) is 10.1 Å². The predicted molar refractivity (Wildman–Crippen MR) is 99.9 cm³/mol. The summed E-state index contributed by atoms with van der Waals surface area (Å²) in [5.41, 5.74) is 6.97. The summed E-state index contributed by atoms with van der Waals surface area (Å²) in [6.45, 7) is 2.51. The van der Waals surface area contributed by atoms with Crippen LogP contribution in [0.25, 0.3) is 0 Å². The maximum atomic E-state index is 13.5. The van der Waals surface area contributed by atoms with E-state index in [0.717, 1.165) is 5.56 Å². The fourth-order valence-electron chi connectivity index (χ4n) is 1.81. The Balaban J connectivity index is 0.000000646. The Morgan fingerprint density at radius 3 is 2.30 bits per heavy atom. The van der Waals surface area contributed by atoms with Crippen LogP contribution >= 0.6 is 0 Å². The summed E-state index contributed by atoms with van der Waals surface area (Å²) < 4.78 is 44.9. The molecule has 0 radical (unpaired) electrons. The number of hydrazine groups is 1. The van der Waals surface area contributed by atoms with E-state index in [-0.39, 0.29) is 18.3 Å². The van der Waals surface area contributed by atoms with Gasteiger partial charge in [0.05, 0.1) is 6.26 Å². The lowest BCUT2D eigenvalue weighted by atomic mass is 10.2. The van der Waals surface area contributed by atoms with E-state index in [0.29, 0.717) is 30.5 Å². The molecular formula is C18H23FN2O5S. The van der Waals surface area contributed by atoms with Crippen molar-refractivity contribution >= 4 is 16.0 Å². The number of carbonyl (C=O) groups excluding carboxylic acids is 1. The fourth-order valence-corrected chi connectivity index (χ4v) is 1.81. The molecular weight excluding hydrogens is 375 g/mol. The highest BCUT2D eigenvalue weighted by molar-refractivity contribution is 7.85. The largest absolute Gasteiger partial charge is 0.489 e. The molecule has 0 aliphatic carbocycles. The van der Waals surface area contributed by atoms with Gasteiger partial charge in [-0.15, -0.1) is 0 Å². The molecule has 0 fully saturated rings. The van der Waals surface area contributed by atoms with Crippen molar-refractivity contribution in [3.8, 4) is 5.75 Å². The first-order chi connectivity index (χ1) is 12.7. The number of amides is 1. The zero-order valence-electron chi connectivity index (χ0n) is 15.1. The van der Waals surface area contributed by atoms with Crippen LogP contribution in [0.1, 0.15) is 24.5 Å². The number of hydrogen-bond acceptors (Lipinski definition) is 5. The molecule has 2 rings (SSSR count). The lowest BCUT2D eigenvalue weighted by molar-refractivity contribution is -0.121. The van der Waals surface area contributed by atoms with E-state index < -0.39 is 10.1 Å². The SMILES string of the molecule is CCC(=O)NNCc1ccc(OCc2ccccc2F)cc1.CS(=O)(=O)O. The minimum Gasteiger partial charge on any atom is -0.489 e. The molecule has 0 saturated carbocycles. The molecule has 9 heteroatoms. The Labute approximate surface area is 158 Å². The van der Waals surface area contributed by atoms with E-state index in [1.54, 1.807) is 25.1 Å². The van der Waals surface area contributed by atoms with Crippen LogP contribution in [-0.2, 0) is 28.1 Å². The molecule has 27 heavy (non-hydrogen) atoms. The summed E-state index contributed by atoms with van der Waals surface area (Å²) in [5, 5.41) is 0. The van der Waals surface area contributed by atoms with Crippen LogP contribution in [0.4, 0.5) is 4.39 Å². The third-order valence-corrected chi connectivity index (χ3v) is 3.12. The van der Waals surface area contributed by atoms with Crippen LogP contribution in [0.2, 0.25) is 0 Å².